The topological polar surface area (TPSA) is 72.8 Å². The van der Waals surface area contributed by atoms with E-state index in [4.69, 9.17) is 9.47 Å². The molecular weight excluding hydrogens is 423 g/mol. The third kappa shape index (κ3) is 3.69. The van der Waals surface area contributed by atoms with Crippen molar-refractivity contribution in [2.24, 2.45) is 0 Å². The van der Waals surface area contributed by atoms with Gasteiger partial charge in [0.15, 0.2) is 0 Å². The lowest BCUT2D eigenvalue weighted by Crippen LogP contribution is -2.16. The molecule has 2 rings (SSSR count). The van der Waals surface area contributed by atoms with Gasteiger partial charge in [-0.2, -0.15) is 0 Å². The van der Waals surface area contributed by atoms with Crippen LogP contribution in [-0.2, 0) is 9.47 Å². The predicted octanol–water partition coefficient (Wildman–Crippen LogP) is 4.02. The molecule has 0 bridgehead atoms. The quantitative estimate of drug-likeness (QED) is 0.562. The molecule has 0 radical (unpaired) electrons. The van der Waals surface area contributed by atoms with Gasteiger partial charge in [0, 0.05) is 5.56 Å². The van der Waals surface area contributed by atoms with Crippen LogP contribution >= 0.6 is 22.6 Å². The fourth-order valence-corrected chi connectivity index (χ4v) is 3.04. The maximum absolute atomic E-state index is 12.5. The van der Waals surface area contributed by atoms with Gasteiger partial charge in [-0.3, -0.25) is 0 Å². The van der Waals surface area contributed by atoms with E-state index in [1.165, 1.54) is 6.07 Å². The van der Waals surface area contributed by atoms with E-state index in [2.05, 4.69) is 0 Å². The molecule has 0 spiro atoms. The van der Waals surface area contributed by atoms with Gasteiger partial charge in [0.25, 0.3) is 0 Å². The first-order chi connectivity index (χ1) is 11.5. The van der Waals surface area contributed by atoms with Gasteiger partial charge >= 0.3 is 11.9 Å². The summed E-state index contributed by atoms with van der Waals surface area (Å²) in [6.45, 7) is 3.70. The van der Waals surface area contributed by atoms with Crippen LogP contribution in [-0.4, -0.2) is 30.3 Å². The Kier molecular flexibility index (Phi) is 6.19. The Balaban J connectivity index is 2.80. The van der Waals surface area contributed by atoms with E-state index >= 15 is 0 Å². The number of esters is 2. The average Bonchev–Trinajstić information content (AvgIpc) is 2.57. The van der Waals surface area contributed by atoms with Crippen molar-refractivity contribution in [1.29, 1.82) is 0 Å². The summed E-state index contributed by atoms with van der Waals surface area (Å²) >= 11 is 1.95. The lowest BCUT2D eigenvalue weighted by molar-refractivity contribution is 0.0479. The number of carbonyl (C=O) groups is 2. The summed E-state index contributed by atoms with van der Waals surface area (Å²) in [6.07, 6.45) is 0. The molecule has 0 fully saturated rings. The molecule has 0 atom stereocenters. The molecule has 24 heavy (non-hydrogen) atoms. The van der Waals surface area contributed by atoms with Gasteiger partial charge in [-0.1, -0.05) is 30.3 Å². The number of halogens is 1. The zero-order valence-corrected chi connectivity index (χ0v) is 15.5. The molecule has 0 aromatic heterocycles. The molecule has 1 N–H and O–H groups in total. The van der Waals surface area contributed by atoms with Crippen LogP contribution in [0.2, 0.25) is 0 Å². The monoisotopic (exact) mass is 440 g/mol. The SMILES string of the molecule is CCOC(=O)c1cc(O)c(I)c(-c2ccccc2)c1C(=O)OCC. The van der Waals surface area contributed by atoms with Crippen LogP contribution in [0.3, 0.4) is 0 Å². The van der Waals surface area contributed by atoms with Crippen molar-refractivity contribution in [3.8, 4) is 16.9 Å². The van der Waals surface area contributed by atoms with Crippen molar-refractivity contribution in [1.82, 2.24) is 0 Å². The van der Waals surface area contributed by atoms with E-state index in [9.17, 15) is 14.7 Å². The highest BCUT2D eigenvalue weighted by Crippen LogP contribution is 2.37. The van der Waals surface area contributed by atoms with Gasteiger partial charge in [0.2, 0.25) is 0 Å². The average molecular weight is 440 g/mol. The molecule has 0 saturated heterocycles. The first kappa shape index (κ1) is 18.3. The number of carbonyl (C=O) groups excluding carboxylic acids is 2. The largest absolute Gasteiger partial charge is 0.507 e. The van der Waals surface area contributed by atoms with Gasteiger partial charge in [-0.25, -0.2) is 9.59 Å². The molecule has 5 nitrogen and oxygen atoms in total. The van der Waals surface area contributed by atoms with Gasteiger partial charge in [-0.15, -0.1) is 0 Å². The molecule has 0 unspecified atom stereocenters. The number of benzene rings is 2. The van der Waals surface area contributed by atoms with E-state index in [-0.39, 0.29) is 30.1 Å². The zero-order valence-electron chi connectivity index (χ0n) is 13.3. The highest BCUT2D eigenvalue weighted by Gasteiger charge is 2.28. The van der Waals surface area contributed by atoms with Crippen molar-refractivity contribution in [3.63, 3.8) is 0 Å². The van der Waals surface area contributed by atoms with Crippen LogP contribution in [0.4, 0.5) is 0 Å². The minimum absolute atomic E-state index is 0.00734. The molecule has 0 heterocycles. The summed E-state index contributed by atoms with van der Waals surface area (Å²) < 4.78 is 10.6. The Hall–Kier alpha value is -2.09. The number of hydrogen-bond acceptors (Lipinski definition) is 5. The van der Waals surface area contributed by atoms with Crippen molar-refractivity contribution >= 4 is 34.5 Å². The van der Waals surface area contributed by atoms with Crippen molar-refractivity contribution in [2.75, 3.05) is 13.2 Å². The number of rotatable bonds is 5. The Morgan fingerprint density at radius 1 is 1.04 bits per heavy atom. The van der Waals surface area contributed by atoms with E-state index in [1.54, 1.807) is 26.0 Å². The van der Waals surface area contributed by atoms with Crippen molar-refractivity contribution < 1.29 is 24.2 Å². The molecule has 0 aliphatic heterocycles. The summed E-state index contributed by atoms with van der Waals surface area (Å²) in [5.74, 6) is -1.40. The zero-order chi connectivity index (χ0) is 17.7. The molecule has 126 valence electrons. The lowest BCUT2D eigenvalue weighted by atomic mass is 9.94. The van der Waals surface area contributed by atoms with Gasteiger partial charge in [-0.05, 0) is 48.1 Å². The number of hydrogen-bond donors (Lipinski definition) is 1. The summed E-state index contributed by atoms with van der Waals surface area (Å²) in [4.78, 5) is 24.8. The van der Waals surface area contributed by atoms with Gasteiger partial charge in [0.05, 0.1) is 27.9 Å². The Labute approximate surface area is 153 Å². The standard InChI is InChI=1S/C18H17IO5/c1-3-23-17(21)12-10-13(20)16(19)14(11-8-6-5-7-9-11)15(12)18(22)24-4-2/h5-10,20H,3-4H2,1-2H3. The lowest BCUT2D eigenvalue weighted by Gasteiger charge is -2.16. The highest BCUT2D eigenvalue weighted by atomic mass is 127. The Morgan fingerprint density at radius 2 is 1.62 bits per heavy atom. The number of aromatic hydroxyl groups is 1. The Morgan fingerprint density at radius 3 is 2.21 bits per heavy atom. The minimum Gasteiger partial charge on any atom is -0.507 e. The minimum atomic E-state index is -0.676. The Bertz CT molecular complexity index is 756. The van der Waals surface area contributed by atoms with Crippen molar-refractivity contribution in [2.45, 2.75) is 13.8 Å². The van der Waals surface area contributed by atoms with Crippen molar-refractivity contribution in [3.05, 3.63) is 51.1 Å². The molecule has 2 aromatic rings. The summed E-state index contributed by atoms with van der Waals surface area (Å²) in [5.41, 5.74) is 1.25. The third-order valence-corrected chi connectivity index (χ3v) is 4.37. The maximum Gasteiger partial charge on any atom is 0.339 e. The van der Waals surface area contributed by atoms with Crippen LogP contribution in [0.15, 0.2) is 36.4 Å². The highest BCUT2D eigenvalue weighted by molar-refractivity contribution is 14.1. The number of phenolic OH excluding ortho intramolecular Hbond substituents is 1. The summed E-state index contributed by atoms with van der Waals surface area (Å²) in [7, 11) is 0. The fourth-order valence-electron chi connectivity index (χ4n) is 2.31. The second-order valence-corrected chi connectivity index (χ2v) is 5.89. The van der Waals surface area contributed by atoms with Gasteiger partial charge in [0.1, 0.15) is 5.75 Å². The van der Waals surface area contributed by atoms with Crippen LogP contribution < -0.4 is 0 Å². The molecule has 0 amide bonds. The van der Waals surface area contributed by atoms with E-state index in [0.29, 0.717) is 14.7 Å². The van der Waals surface area contributed by atoms with Crippen LogP contribution in [0.5, 0.6) is 5.75 Å². The number of phenols is 1. The first-order valence-electron chi connectivity index (χ1n) is 7.46. The fraction of sp³-hybridized carbons (Fsp3) is 0.222. The first-order valence-corrected chi connectivity index (χ1v) is 8.54. The van der Waals surface area contributed by atoms with Crippen LogP contribution in [0.1, 0.15) is 34.6 Å². The maximum atomic E-state index is 12.5. The summed E-state index contributed by atoms with van der Waals surface area (Å²) in [5, 5.41) is 10.2. The predicted molar refractivity (Wildman–Crippen MR) is 98.2 cm³/mol. The smallest absolute Gasteiger partial charge is 0.339 e. The second kappa shape index (κ2) is 8.14. The van der Waals surface area contributed by atoms with E-state index in [0.717, 1.165) is 0 Å². The number of ether oxygens (including phenoxy) is 2. The van der Waals surface area contributed by atoms with Crippen LogP contribution in [0.25, 0.3) is 11.1 Å². The molecule has 2 aromatic carbocycles. The molecular formula is C18H17IO5. The third-order valence-electron chi connectivity index (χ3n) is 3.28. The van der Waals surface area contributed by atoms with Crippen LogP contribution in [0, 0.1) is 3.57 Å². The normalized spacial score (nSPS) is 10.3. The molecule has 6 heteroatoms. The molecule has 0 aliphatic carbocycles. The molecule has 0 aliphatic rings. The van der Waals surface area contributed by atoms with E-state index < -0.39 is 11.9 Å². The molecule has 0 saturated carbocycles. The summed E-state index contributed by atoms with van der Waals surface area (Å²) in [6, 6.07) is 10.3. The van der Waals surface area contributed by atoms with Gasteiger partial charge < -0.3 is 14.6 Å². The van der Waals surface area contributed by atoms with E-state index in [1.807, 2.05) is 40.8 Å². The second-order valence-electron chi connectivity index (χ2n) is 4.81.